The second-order valence-corrected chi connectivity index (χ2v) is 9.70. The highest BCUT2D eigenvalue weighted by atomic mass is 79.9. The number of aromatic nitrogens is 2. The van der Waals surface area contributed by atoms with Gasteiger partial charge in [-0.05, 0) is 52.3 Å². The highest BCUT2D eigenvalue weighted by Gasteiger charge is 2.25. The summed E-state index contributed by atoms with van der Waals surface area (Å²) in [6, 6.07) is 9.65. The Bertz CT molecular complexity index is 1260. The Balaban J connectivity index is 1.57. The van der Waals surface area contributed by atoms with E-state index >= 15 is 0 Å². The fourth-order valence-electron chi connectivity index (χ4n) is 3.41. The summed E-state index contributed by atoms with van der Waals surface area (Å²) in [5, 5.41) is 18.1. The SMILES string of the molecule is NS(=O)(=O)c1ccc(Nc2ncc3ccc(Br)c(OC4CCN(C(=O)O)CC4)c3n2)cc1. The number of nitrogens with two attached hydrogens (primary N) is 1. The summed E-state index contributed by atoms with van der Waals surface area (Å²) in [5.74, 6) is 0.871. The van der Waals surface area contributed by atoms with E-state index in [4.69, 9.17) is 15.0 Å². The van der Waals surface area contributed by atoms with Crippen LogP contribution in [0.3, 0.4) is 0 Å². The van der Waals surface area contributed by atoms with Gasteiger partial charge in [-0.25, -0.2) is 28.3 Å². The Hall–Kier alpha value is -2.96. The number of carboxylic acid groups (broad SMARTS) is 1. The van der Waals surface area contributed by atoms with Crippen LogP contribution in [0.5, 0.6) is 5.75 Å². The van der Waals surface area contributed by atoms with Crippen molar-refractivity contribution in [3.63, 3.8) is 0 Å². The van der Waals surface area contributed by atoms with Crippen molar-refractivity contribution in [1.29, 1.82) is 0 Å². The number of ether oxygens (including phenoxy) is 1. The Morgan fingerprint density at radius 2 is 1.88 bits per heavy atom. The number of anilines is 2. The van der Waals surface area contributed by atoms with Crippen molar-refractivity contribution in [2.24, 2.45) is 5.14 Å². The van der Waals surface area contributed by atoms with Gasteiger partial charge in [0.05, 0.1) is 9.37 Å². The molecule has 0 atom stereocenters. The van der Waals surface area contributed by atoms with Crippen LogP contribution >= 0.6 is 15.9 Å². The molecule has 1 amide bonds. The minimum absolute atomic E-state index is 0.0102. The second kappa shape index (κ2) is 8.88. The van der Waals surface area contributed by atoms with Gasteiger partial charge in [-0.2, -0.15) is 0 Å². The molecule has 1 saturated heterocycles. The molecule has 0 aliphatic carbocycles. The largest absolute Gasteiger partial charge is 0.487 e. The first-order valence-electron chi connectivity index (χ1n) is 9.70. The normalized spacial score (nSPS) is 15.0. The number of halogens is 1. The lowest BCUT2D eigenvalue weighted by Crippen LogP contribution is -2.41. The molecule has 3 aromatic rings. The average molecular weight is 522 g/mol. The minimum atomic E-state index is -3.77. The van der Waals surface area contributed by atoms with Crippen LogP contribution in [0.4, 0.5) is 16.4 Å². The Morgan fingerprint density at radius 3 is 2.50 bits per heavy atom. The van der Waals surface area contributed by atoms with Gasteiger partial charge < -0.3 is 20.1 Å². The highest BCUT2D eigenvalue weighted by molar-refractivity contribution is 9.10. The maximum atomic E-state index is 11.4. The number of nitrogens with zero attached hydrogens (tertiary/aromatic N) is 3. The van der Waals surface area contributed by atoms with Gasteiger partial charge in [0.25, 0.3) is 0 Å². The second-order valence-electron chi connectivity index (χ2n) is 7.29. The third-order valence-corrected chi connectivity index (χ3v) is 6.65. The fraction of sp³-hybridized carbons (Fsp3) is 0.250. The van der Waals surface area contributed by atoms with E-state index in [1.165, 1.54) is 17.0 Å². The van der Waals surface area contributed by atoms with Crippen molar-refractivity contribution < 1.29 is 23.1 Å². The number of benzene rings is 2. The summed E-state index contributed by atoms with van der Waals surface area (Å²) in [6.07, 6.45) is 1.78. The fourth-order valence-corrected chi connectivity index (χ4v) is 4.34. The quantitative estimate of drug-likeness (QED) is 0.463. The molecule has 2 aromatic carbocycles. The molecule has 4 N–H and O–H groups in total. The predicted molar refractivity (Wildman–Crippen MR) is 122 cm³/mol. The number of amides is 1. The van der Waals surface area contributed by atoms with Crippen LogP contribution < -0.4 is 15.2 Å². The molecule has 0 spiro atoms. The van der Waals surface area contributed by atoms with Gasteiger partial charge in [0.2, 0.25) is 16.0 Å². The maximum absolute atomic E-state index is 11.4. The molecule has 2 heterocycles. The number of nitrogens with one attached hydrogen (secondary N) is 1. The van der Waals surface area contributed by atoms with Crippen molar-refractivity contribution in [3.05, 3.63) is 47.1 Å². The number of likely N-dealkylation sites (tertiary alicyclic amines) is 1. The molecule has 12 heteroatoms. The molecule has 1 aliphatic heterocycles. The topological polar surface area (TPSA) is 148 Å². The summed E-state index contributed by atoms with van der Waals surface area (Å²) in [6.45, 7) is 0.831. The summed E-state index contributed by atoms with van der Waals surface area (Å²) in [4.78, 5) is 21.4. The molecule has 0 saturated carbocycles. The van der Waals surface area contributed by atoms with Gasteiger partial charge in [0.1, 0.15) is 11.6 Å². The van der Waals surface area contributed by atoms with E-state index in [0.29, 0.717) is 48.8 Å². The first kappa shape index (κ1) is 22.2. The minimum Gasteiger partial charge on any atom is -0.487 e. The number of rotatable bonds is 5. The Morgan fingerprint density at radius 1 is 1.19 bits per heavy atom. The van der Waals surface area contributed by atoms with E-state index in [1.54, 1.807) is 18.3 Å². The van der Waals surface area contributed by atoms with E-state index in [0.717, 1.165) is 9.86 Å². The number of primary sulfonamides is 1. The smallest absolute Gasteiger partial charge is 0.407 e. The molecule has 0 bridgehead atoms. The van der Waals surface area contributed by atoms with Gasteiger partial charge in [0.15, 0.2) is 5.75 Å². The van der Waals surface area contributed by atoms with Crippen molar-refractivity contribution >= 4 is 54.6 Å². The van der Waals surface area contributed by atoms with Gasteiger partial charge in [-0.15, -0.1) is 0 Å². The van der Waals surface area contributed by atoms with Crippen molar-refractivity contribution in [2.45, 2.75) is 23.8 Å². The standard InChI is InChI=1S/C20H20BrN5O5S/c21-16-6-1-12-11-23-19(24-13-2-4-15(5-3-13)32(22,29)30)25-17(12)18(16)31-14-7-9-26(10-8-14)20(27)28/h1-6,11,14H,7-10H2,(H,27,28)(H2,22,29,30)(H,23,24,25). The molecule has 1 aromatic heterocycles. The maximum Gasteiger partial charge on any atom is 0.407 e. The third kappa shape index (κ3) is 4.92. The van der Waals surface area contributed by atoms with Crippen LogP contribution in [0.2, 0.25) is 0 Å². The molecule has 168 valence electrons. The first-order valence-corrected chi connectivity index (χ1v) is 12.0. The molecular formula is C20H20BrN5O5S. The van der Waals surface area contributed by atoms with Gasteiger partial charge in [-0.1, -0.05) is 0 Å². The third-order valence-electron chi connectivity index (χ3n) is 5.09. The van der Waals surface area contributed by atoms with Crippen LogP contribution in [-0.2, 0) is 10.0 Å². The predicted octanol–water partition coefficient (Wildman–Crippen LogP) is 3.30. The number of carbonyl (C=O) groups is 1. The van der Waals surface area contributed by atoms with Crippen molar-refractivity contribution in [3.8, 4) is 5.75 Å². The number of fused-ring (bicyclic) bond motifs is 1. The van der Waals surface area contributed by atoms with Gasteiger partial charge in [0, 0.05) is 43.2 Å². The van der Waals surface area contributed by atoms with E-state index in [2.05, 4.69) is 31.2 Å². The number of sulfonamides is 1. The first-order chi connectivity index (χ1) is 15.2. The van der Waals surface area contributed by atoms with Gasteiger partial charge in [-0.3, -0.25) is 0 Å². The Labute approximate surface area is 192 Å². The van der Waals surface area contributed by atoms with E-state index in [9.17, 15) is 13.2 Å². The summed E-state index contributed by atoms with van der Waals surface area (Å²) in [5.41, 5.74) is 1.19. The molecule has 0 radical (unpaired) electrons. The van der Waals surface area contributed by atoms with Crippen molar-refractivity contribution in [1.82, 2.24) is 14.9 Å². The van der Waals surface area contributed by atoms with E-state index < -0.39 is 16.1 Å². The van der Waals surface area contributed by atoms with Crippen molar-refractivity contribution in [2.75, 3.05) is 18.4 Å². The molecule has 32 heavy (non-hydrogen) atoms. The summed E-state index contributed by atoms with van der Waals surface area (Å²) < 4.78 is 29.8. The molecule has 4 rings (SSSR count). The summed E-state index contributed by atoms with van der Waals surface area (Å²) >= 11 is 3.52. The lowest BCUT2D eigenvalue weighted by Gasteiger charge is -2.30. The number of hydrogen-bond acceptors (Lipinski definition) is 7. The molecule has 1 aliphatic rings. The highest BCUT2D eigenvalue weighted by Crippen LogP contribution is 2.35. The molecular weight excluding hydrogens is 502 g/mol. The number of piperidine rings is 1. The van der Waals surface area contributed by atoms with Crippen LogP contribution in [0.15, 0.2) is 52.0 Å². The Kier molecular flexibility index (Phi) is 6.17. The van der Waals surface area contributed by atoms with Gasteiger partial charge >= 0.3 is 6.09 Å². The van der Waals surface area contributed by atoms with Crippen LogP contribution in [-0.4, -0.2) is 53.7 Å². The zero-order valence-electron chi connectivity index (χ0n) is 16.7. The molecule has 1 fully saturated rings. The lowest BCUT2D eigenvalue weighted by atomic mass is 10.1. The molecule has 10 nitrogen and oxygen atoms in total. The van der Waals surface area contributed by atoms with Crippen LogP contribution in [0, 0.1) is 0 Å². The lowest BCUT2D eigenvalue weighted by molar-refractivity contribution is 0.0897. The van der Waals surface area contributed by atoms with E-state index in [-0.39, 0.29) is 11.0 Å². The average Bonchev–Trinajstić information content (AvgIpc) is 2.76. The van der Waals surface area contributed by atoms with E-state index in [1.807, 2.05) is 12.1 Å². The zero-order valence-corrected chi connectivity index (χ0v) is 19.1. The molecule has 0 unspecified atom stereocenters. The summed E-state index contributed by atoms with van der Waals surface area (Å²) in [7, 11) is -3.77. The monoisotopic (exact) mass is 521 g/mol. The van der Waals surface area contributed by atoms with Crippen LogP contribution in [0.1, 0.15) is 12.8 Å². The zero-order chi connectivity index (χ0) is 22.9. The number of hydrogen-bond donors (Lipinski definition) is 3. The van der Waals surface area contributed by atoms with Crippen LogP contribution in [0.25, 0.3) is 10.9 Å².